The Morgan fingerprint density at radius 1 is 0.366 bits per heavy atom. The van der Waals surface area contributed by atoms with Gasteiger partial charge >= 0.3 is 0 Å². The second kappa shape index (κ2) is 29.2. The number of amidine groups is 1. The first kappa shape index (κ1) is 79.9. The number of hydrogen-bond donors (Lipinski definition) is 10. The van der Waals surface area contributed by atoms with Crippen LogP contribution >= 0.6 is 0 Å². The minimum Gasteiger partial charge on any atom is -0.494 e. The summed E-state index contributed by atoms with van der Waals surface area (Å²) in [4.78, 5) is -0.685. The summed E-state index contributed by atoms with van der Waals surface area (Å²) >= 11 is 0. The molecule has 112 heavy (non-hydrogen) atoms. The maximum absolute atomic E-state index is 12.8. The van der Waals surface area contributed by atoms with Crippen molar-refractivity contribution in [1.82, 2.24) is 30.0 Å². The van der Waals surface area contributed by atoms with Crippen LogP contribution in [0.25, 0.3) is 79.3 Å². The van der Waals surface area contributed by atoms with Crippen LogP contribution in [0.15, 0.2) is 210 Å². The predicted octanol–water partition coefficient (Wildman–Crippen LogP) is 10.9. The van der Waals surface area contributed by atoms with Gasteiger partial charge in [0.05, 0.1) is 63.8 Å². The molecule has 0 saturated carbocycles. The van der Waals surface area contributed by atoms with E-state index < -0.39 is 126 Å². The monoisotopic (exact) mass is 1690 g/mol. The van der Waals surface area contributed by atoms with E-state index in [4.69, 9.17) is 9.47 Å². The molecule has 0 radical (unpaired) electrons. The molecule has 580 valence electrons. The van der Waals surface area contributed by atoms with Gasteiger partial charge in [-0.3, -0.25) is 36.4 Å². The molecule has 47 heteroatoms. The number of aryl methyl sites for hydroxylation is 2. The fraction of sp³-hybridized carbons (Fsp3) is 0.0615. The fourth-order valence-electron chi connectivity index (χ4n) is 11.3. The zero-order valence-electron chi connectivity index (χ0n) is 56.7. The van der Waals surface area contributed by atoms with Crippen LogP contribution in [0.4, 0.5) is 34.1 Å². The van der Waals surface area contributed by atoms with E-state index in [0.717, 1.165) is 82.4 Å². The molecule has 0 amide bonds. The average Bonchev–Trinajstić information content (AvgIpc) is 1.47. The third kappa shape index (κ3) is 17.0. The van der Waals surface area contributed by atoms with Crippen molar-refractivity contribution in [2.75, 3.05) is 19.5 Å². The van der Waals surface area contributed by atoms with Crippen molar-refractivity contribution in [3.63, 3.8) is 0 Å². The number of anilines is 1. The summed E-state index contributed by atoms with van der Waals surface area (Å²) in [7, 11) is -38.1. The number of methoxy groups -OCH3 is 2. The SMILES string of the molecule is COc1cc(N=Nc2ccc(C=Cc3ccc(-n4nc5ccc6c(S(=O)(=O)O)cc(S(=O)(=O)O)cc6c5n4)cc3S(=O)(=O)O)c(S(=O)(=O)O)c2)c(C)cc1N=C(O)Nc1cc(C)c(N=Nc2ccc(C=Cc3ccc(-n4nc5ccc6c(S(=O)(=O)O)cc(S(=O)(=O)O)cc6c5n4)cc3S(=O)(=O)O)c(S(=O)(=O)O)c2)cc1OC. The molecule has 0 aliphatic carbocycles. The zero-order valence-corrected chi connectivity index (χ0v) is 63.3. The van der Waals surface area contributed by atoms with Crippen molar-refractivity contribution >= 4 is 189 Å². The molecule has 0 aliphatic heterocycles. The Morgan fingerprint density at radius 2 is 0.723 bits per heavy atom. The van der Waals surface area contributed by atoms with Gasteiger partial charge in [0.25, 0.3) is 87.0 Å². The second-order valence-electron chi connectivity index (χ2n) is 23.8. The van der Waals surface area contributed by atoms with Gasteiger partial charge in [0.2, 0.25) is 0 Å². The molecular weight excluding hydrogens is 1640 g/mol. The number of aliphatic hydroxyl groups excluding tert-OH is 1. The summed E-state index contributed by atoms with van der Waals surface area (Å²) in [5.74, 6) is 0.0997. The lowest BCUT2D eigenvalue weighted by atomic mass is 10.1. The number of rotatable bonds is 22. The number of azo groups is 2. The zero-order chi connectivity index (χ0) is 81.5. The molecule has 12 rings (SSSR count). The lowest BCUT2D eigenvalue weighted by molar-refractivity contribution is 0.415. The standard InChI is InChI=1S/C65H50N12O27S8/c1-33-21-53(55(103-3)31-51(33)70-68-39-13-9-35(57(23-39)107(85,86)87)5-7-37-11-15-41(25-59(37)109(91,92)93)76-72-49-19-17-45-47(63(49)74-76)27-43(105(79,80)81)29-61(45)111(97,98)99)66-65(78)67-54-22-34(2)52(32-56(54)104-4)71-69-40-14-10-36(58(24-40)108(88,89)90)6-8-38-12-16-42(26-60(38)110(94,95)96)77-73-50-20-18-46-48(64(50)75-77)28-44(106(82,83)84)30-62(46)112(100,101)102/h5-32H,1-4H3,(H2,66,67,78)(H,79,80,81)(H,82,83,84)(H,85,86,87)(H,88,89,90)(H,91,92,93)(H,94,95,96)(H,97,98,99)(H,100,101,102). The number of nitrogens with zero attached hydrogens (tertiary/aromatic N) is 11. The number of benzene rings is 10. The van der Waals surface area contributed by atoms with Crippen molar-refractivity contribution in [1.29, 1.82) is 0 Å². The predicted molar refractivity (Wildman–Crippen MR) is 399 cm³/mol. The van der Waals surface area contributed by atoms with Gasteiger partial charge in [0.1, 0.15) is 68.6 Å². The first-order valence-electron chi connectivity index (χ1n) is 30.8. The number of ether oxygens (including phenoxy) is 2. The number of aliphatic imine (C=N–C) groups is 1. The Kier molecular flexibility index (Phi) is 20.8. The number of nitrogens with one attached hydrogen (secondary N) is 1. The Labute approximate surface area is 632 Å². The maximum atomic E-state index is 12.8. The van der Waals surface area contributed by atoms with Crippen LogP contribution in [0.3, 0.4) is 0 Å². The molecule has 0 unspecified atom stereocenters. The van der Waals surface area contributed by atoms with Crippen molar-refractivity contribution in [2.45, 2.75) is 53.0 Å². The molecule has 0 bridgehead atoms. The first-order chi connectivity index (χ1) is 52.1. The summed E-state index contributed by atoms with van der Waals surface area (Å²) in [6.07, 6.45) is 4.36. The fourth-order valence-corrected chi connectivity index (χ4v) is 16.8. The van der Waals surface area contributed by atoms with Gasteiger partial charge < -0.3 is 19.9 Å². The quantitative estimate of drug-likeness (QED) is 0.00990. The van der Waals surface area contributed by atoms with Crippen molar-refractivity contribution in [3.8, 4) is 22.9 Å². The minimum absolute atomic E-state index is 0.0137. The van der Waals surface area contributed by atoms with Gasteiger partial charge in [-0.1, -0.05) is 60.7 Å². The summed E-state index contributed by atoms with van der Waals surface area (Å²) < 4.78 is 292. The lowest BCUT2D eigenvalue weighted by Gasteiger charge is -2.13. The van der Waals surface area contributed by atoms with E-state index in [9.17, 15) is 109 Å². The highest BCUT2D eigenvalue weighted by Crippen LogP contribution is 2.41. The Balaban J connectivity index is 0.743. The second-order valence-corrected chi connectivity index (χ2v) is 35.0. The van der Waals surface area contributed by atoms with E-state index in [1.165, 1.54) is 99.1 Å². The molecule has 0 fully saturated rings. The first-order valence-corrected chi connectivity index (χ1v) is 42.3. The van der Waals surface area contributed by atoms with Gasteiger partial charge in [0, 0.05) is 33.7 Å². The minimum atomic E-state index is -5.12. The third-order valence-corrected chi connectivity index (χ3v) is 23.6. The topological polar surface area (TPSA) is 609 Å². The number of hydrogen-bond acceptors (Lipinski definition) is 27. The highest BCUT2D eigenvalue weighted by Gasteiger charge is 2.28. The summed E-state index contributed by atoms with van der Waals surface area (Å²) in [5, 5.41) is 46.7. The highest BCUT2D eigenvalue weighted by atomic mass is 32.2. The van der Waals surface area contributed by atoms with E-state index in [1.54, 1.807) is 13.8 Å². The lowest BCUT2D eigenvalue weighted by Crippen LogP contribution is -2.11. The van der Waals surface area contributed by atoms with Crippen LogP contribution in [-0.2, 0) is 80.9 Å². The maximum Gasteiger partial charge on any atom is 0.295 e. The van der Waals surface area contributed by atoms with Crippen LogP contribution in [-0.4, -0.2) is 159 Å². The molecular formula is C65H50N12O27S8. The van der Waals surface area contributed by atoms with Crippen LogP contribution in [0, 0.1) is 13.8 Å². The molecule has 2 heterocycles. The van der Waals surface area contributed by atoms with Crippen molar-refractivity contribution in [2.24, 2.45) is 25.4 Å². The largest absolute Gasteiger partial charge is 0.494 e. The van der Waals surface area contributed by atoms with Gasteiger partial charge in [-0.15, -0.1) is 20.4 Å². The van der Waals surface area contributed by atoms with E-state index >= 15 is 0 Å². The van der Waals surface area contributed by atoms with Crippen LogP contribution in [0.5, 0.6) is 11.5 Å². The molecule has 2 aromatic heterocycles. The molecule has 39 nitrogen and oxygen atoms in total. The van der Waals surface area contributed by atoms with Gasteiger partial charge in [-0.05, 0) is 144 Å². The van der Waals surface area contributed by atoms with E-state index in [0.29, 0.717) is 23.3 Å². The summed E-state index contributed by atoms with van der Waals surface area (Å²) in [6.45, 7) is 3.17. The molecule has 0 aliphatic rings. The normalized spacial score (nSPS) is 13.3. The van der Waals surface area contributed by atoms with Crippen LogP contribution in [0.2, 0.25) is 0 Å². The van der Waals surface area contributed by atoms with Gasteiger partial charge in [-0.2, -0.15) is 102 Å². The molecule has 0 spiro atoms. The third-order valence-electron chi connectivity index (χ3n) is 16.5. The Hall–Kier alpha value is -11.7. The van der Waals surface area contributed by atoms with Gasteiger partial charge in [0.15, 0.2) is 0 Å². The van der Waals surface area contributed by atoms with Crippen LogP contribution in [0.1, 0.15) is 33.4 Å². The van der Waals surface area contributed by atoms with Gasteiger partial charge in [-0.25, -0.2) is 0 Å². The van der Waals surface area contributed by atoms with Crippen LogP contribution < -0.4 is 14.8 Å². The van der Waals surface area contributed by atoms with E-state index in [-0.39, 0.29) is 123 Å². The van der Waals surface area contributed by atoms with Crippen molar-refractivity contribution < 1.29 is 118 Å². The number of aliphatic hydroxyl groups is 1. The van der Waals surface area contributed by atoms with Crippen molar-refractivity contribution in [3.05, 3.63) is 179 Å². The Bertz CT molecular complexity index is 7240. The molecule has 10 N–H and O–H groups in total. The van der Waals surface area contributed by atoms with E-state index in [2.05, 4.69) is 51.2 Å². The molecule has 0 atom stereocenters. The molecule has 10 aromatic carbocycles. The van der Waals surface area contributed by atoms with E-state index in [1.807, 2.05) is 0 Å². The number of fused-ring (bicyclic) bond motifs is 6. The summed E-state index contributed by atoms with van der Waals surface area (Å²) in [6, 6.07) is 26.2. The molecule has 12 aromatic rings. The number of aromatic nitrogens is 6. The smallest absolute Gasteiger partial charge is 0.295 e. The highest BCUT2D eigenvalue weighted by molar-refractivity contribution is 7.88. The molecule has 0 saturated heterocycles. The average molecular weight is 1690 g/mol. The Morgan fingerprint density at radius 3 is 1.09 bits per heavy atom. The summed E-state index contributed by atoms with van der Waals surface area (Å²) in [5.41, 5.74) is -0.563.